The molecule has 0 amide bonds. The van der Waals surface area contributed by atoms with E-state index in [2.05, 4.69) is 81.6 Å². The average Bonchev–Trinajstić information content (AvgIpc) is 3.10. The minimum absolute atomic E-state index is 0.0655. The van der Waals surface area contributed by atoms with Gasteiger partial charge in [-0.05, 0) is 68.8 Å². The van der Waals surface area contributed by atoms with Gasteiger partial charge in [0, 0.05) is 5.41 Å². The molecule has 3 aromatic carbocycles. The van der Waals surface area contributed by atoms with E-state index in [9.17, 15) is 0 Å². The summed E-state index contributed by atoms with van der Waals surface area (Å²) in [6, 6.07) is 18.1. The van der Waals surface area contributed by atoms with Gasteiger partial charge in [0.1, 0.15) is 0 Å². The SMILES string of the molecule is C=C/C=C1\C(=C)C(CCCC)(CCCC)c2cc3ccc4ccccc4c3cc21.CC.CC. The van der Waals surface area contributed by atoms with Gasteiger partial charge in [-0.1, -0.05) is 129 Å². The molecule has 33 heavy (non-hydrogen) atoms. The minimum atomic E-state index is 0.0655. The number of hydrogen-bond donors (Lipinski definition) is 0. The molecule has 0 N–H and O–H groups in total. The fraction of sp³-hybridized carbons (Fsp3) is 0.394. The van der Waals surface area contributed by atoms with Crippen LogP contribution in [0.2, 0.25) is 0 Å². The van der Waals surface area contributed by atoms with Gasteiger partial charge in [0.15, 0.2) is 0 Å². The van der Waals surface area contributed by atoms with E-state index >= 15 is 0 Å². The van der Waals surface area contributed by atoms with Crippen molar-refractivity contribution in [3.63, 3.8) is 0 Å². The van der Waals surface area contributed by atoms with Gasteiger partial charge in [0.05, 0.1) is 0 Å². The Balaban J connectivity index is 0.000000914. The summed E-state index contributed by atoms with van der Waals surface area (Å²) in [6.45, 7) is 21.2. The Morgan fingerprint density at radius 1 is 0.788 bits per heavy atom. The Morgan fingerprint density at radius 2 is 1.39 bits per heavy atom. The molecule has 4 rings (SSSR count). The van der Waals surface area contributed by atoms with Crippen LogP contribution >= 0.6 is 0 Å². The van der Waals surface area contributed by atoms with Gasteiger partial charge in [-0.3, -0.25) is 0 Å². The third-order valence-corrected chi connectivity index (χ3v) is 6.79. The first-order valence-corrected chi connectivity index (χ1v) is 13.1. The lowest BCUT2D eigenvalue weighted by Crippen LogP contribution is -2.25. The average molecular weight is 441 g/mol. The zero-order valence-electron chi connectivity index (χ0n) is 21.9. The molecule has 0 unspecified atom stereocenters. The molecular formula is C33H44. The first kappa shape index (κ1) is 26.7. The first-order chi connectivity index (χ1) is 16.2. The second kappa shape index (κ2) is 12.6. The lowest BCUT2D eigenvalue weighted by molar-refractivity contribution is 0.416. The van der Waals surface area contributed by atoms with E-state index in [4.69, 9.17) is 0 Å². The Kier molecular flexibility index (Phi) is 10.2. The fourth-order valence-corrected chi connectivity index (χ4v) is 5.22. The van der Waals surface area contributed by atoms with Crippen LogP contribution < -0.4 is 0 Å². The van der Waals surface area contributed by atoms with E-state index in [1.54, 1.807) is 0 Å². The first-order valence-electron chi connectivity index (χ1n) is 13.1. The number of allylic oxidation sites excluding steroid dienone is 4. The molecule has 0 saturated heterocycles. The molecule has 176 valence electrons. The van der Waals surface area contributed by atoms with Crippen molar-refractivity contribution in [1.29, 1.82) is 0 Å². The topological polar surface area (TPSA) is 0 Å². The summed E-state index contributed by atoms with van der Waals surface area (Å²) < 4.78 is 0. The van der Waals surface area contributed by atoms with Crippen LogP contribution in [-0.2, 0) is 5.41 Å². The summed E-state index contributed by atoms with van der Waals surface area (Å²) in [4.78, 5) is 0. The zero-order chi connectivity index (χ0) is 24.4. The highest BCUT2D eigenvalue weighted by Gasteiger charge is 2.43. The number of hydrogen-bond acceptors (Lipinski definition) is 0. The molecule has 0 heterocycles. The lowest BCUT2D eigenvalue weighted by Gasteiger charge is -2.32. The van der Waals surface area contributed by atoms with E-state index < -0.39 is 0 Å². The zero-order valence-corrected chi connectivity index (χ0v) is 21.9. The molecule has 0 heteroatoms. The van der Waals surface area contributed by atoms with Gasteiger partial charge in [-0.25, -0.2) is 0 Å². The Bertz CT molecular complexity index is 1100. The van der Waals surface area contributed by atoms with Crippen molar-refractivity contribution in [3.8, 4) is 0 Å². The molecule has 0 fully saturated rings. The molecular weight excluding hydrogens is 396 g/mol. The largest absolute Gasteiger partial charge is 0.0990 e. The highest BCUT2D eigenvalue weighted by Crippen LogP contribution is 2.55. The van der Waals surface area contributed by atoms with Crippen LogP contribution in [0.5, 0.6) is 0 Å². The second-order valence-electron chi connectivity index (χ2n) is 8.49. The molecule has 0 aliphatic heterocycles. The molecule has 1 aliphatic rings. The van der Waals surface area contributed by atoms with Crippen molar-refractivity contribution < 1.29 is 0 Å². The van der Waals surface area contributed by atoms with Crippen LogP contribution in [0.1, 0.15) is 91.2 Å². The van der Waals surface area contributed by atoms with Gasteiger partial charge in [0.25, 0.3) is 0 Å². The maximum absolute atomic E-state index is 4.67. The summed E-state index contributed by atoms with van der Waals surface area (Å²) in [6.07, 6.45) is 11.4. The van der Waals surface area contributed by atoms with Crippen molar-refractivity contribution in [3.05, 3.63) is 90.5 Å². The number of unbranched alkanes of at least 4 members (excludes halogenated alkanes) is 2. The third-order valence-electron chi connectivity index (χ3n) is 6.79. The van der Waals surface area contributed by atoms with E-state index in [0.29, 0.717) is 0 Å². The van der Waals surface area contributed by atoms with E-state index in [1.165, 1.54) is 82.3 Å². The van der Waals surface area contributed by atoms with Gasteiger partial charge in [-0.15, -0.1) is 0 Å². The summed E-state index contributed by atoms with van der Waals surface area (Å²) in [7, 11) is 0. The number of benzene rings is 3. The van der Waals surface area contributed by atoms with Crippen molar-refractivity contribution in [2.24, 2.45) is 0 Å². The Hall–Kier alpha value is -2.60. The summed E-state index contributed by atoms with van der Waals surface area (Å²) >= 11 is 0. The van der Waals surface area contributed by atoms with Crippen molar-refractivity contribution >= 4 is 27.1 Å². The third kappa shape index (κ3) is 5.01. The molecule has 1 aliphatic carbocycles. The molecule has 0 aromatic heterocycles. The van der Waals surface area contributed by atoms with E-state index in [-0.39, 0.29) is 5.41 Å². The highest BCUT2D eigenvalue weighted by atomic mass is 14.5. The minimum Gasteiger partial charge on any atom is -0.0990 e. The normalized spacial score (nSPS) is 15.0. The standard InChI is InChI=1S/C29H32.2C2H6/c1-5-8-17-29(18-9-6-2)21(4)24(12-7-3)27-20-26-23(19-28(27)29)16-15-22-13-10-11-14-25(22)26;2*1-2/h7,10-16,19-20H,3-6,8-9,17-18H2,1-2H3;2*1-2H3/b24-12+;;. The predicted molar refractivity (Wildman–Crippen MR) is 152 cm³/mol. The van der Waals surface area contributed by atoms with Crippen LogP contribution in [0.3, 0.4) is 0 Å². The maximum Gasteiger partial charge on any atom is 0.0209 e. The summed E-state index contributed by atoms with van der Waals surface area (Å²) in [5, 5.41) is 5.31. The van der Waals surface area contributed by atoms with Gasteiger partial charge >= 0.3 is 0 Å². The van der Waals surface area contributed by atoms with Crippen molar-refractivity contribution in [2.45, 2.75) is 85.5 Å². The quantitative estimate of drug-likeness (QED) is 0.320. The molecule has 0 nitrogen and oxygen atoms in total. The van der Waals surface area contributed by atoms with Crippen LogP contribution in [0.25, 0.3) is 27.1 Å². The van der Waals surface area contributed by atoms with Gasteiger partial charge in [-0.2, -0.15) is 0 Å². The summed E-state index contributed by atoms with van der Waals surface area (Å²) in [5.74, 6) is 0. The van der Waals surface area contributed by atoms with E-state index in [0.717, 1.165) is 0 Å². The molecule has 0 bridgehead atoms. The van der Waals surface area contributed by atoms with Crippen LogP contribution in [0.4, 0.5) is 0 Å². The fourth-order valence-electron chi connectivity index (χ4n) is 5.22. The van der Waals surface area contributed by atoms with Crippen LogP contribution in [0, 0.1) is 0 Å². The van der Waals surface area contributed by atoms with E-state index in [1.807, 2.05) is 33.8 Å². The van der Waals surface area contributed by atoms with Crippen LogP contribution in [0.15, 0.2) is 79.4 Å². The lowest BCUT2D eigenvalue weighted by atomic mass is 9.71. The molecule has 0 saturated carbocycles. The van der Waals surface area contributed by atoms with Crippen LogP contribution in [-0.4, -0.2) is 0 Å². The molecule has 0 spiro atoms. The monoisotopic (exact) mass is 440 g/mol. The number of fused-ring (bicyclic) bond motifs is 4. The predicted octanol–water partition coefficient (Wildman–Crippen LogP) is 10.8. The highest BCUT2D eigenvalue weighted by molar-refractivity contribution is 6.10. The Labute approximate surface area is 203 Å². The molecule has 3 aromatic rings. The smallest absolute Gasteiger partial charge is 0.0209 e. The molecule has 0 atom stereocenters. The molecule has 0 radical (unpaired) electrons. The number of rotatable bonds is 7. The van der Waals surface area contributed by atoms with Crippen molar-refractivity contribution in [1.82, 2.24) is 0 Å². The Morgan fingerprint density at radius 3 is 2.00 bits per heavy atom. The second-order valence-corrected chi connectivity index (χ2v) is 8.49. The van der Waals surface area contributed by atoms with Crippen molar-refractivity contribution in [2.75, 3.05) is 0 Å². The van der Waals surface area contributed by atoms with Gasteiger partial charge in [0.2, 0.25) is 0 Å². The van der Waals surface area contributed by atoms with Gasteiger partial charge < -0.3 is 0 Å². The maximum atomic E-state index is 4.67. The summed E-state index contributed by atoms with van der Waals surface area (Å²) in [5.41, 5.74) is 5.51.